The Labute approximate surface area is 113 Å². The molecule has 3 nitrogen and oxygen atoms in total. The zero-order chi connectivity index (χ0) is 12.3. The van der Waals surface area contributed by atoms with E-state index < -0.39 is 6.04 Å². The van der Waals surface area contributed by atoms with Crippen LogP contribution in [0.25, 0.3) is 0 Å². The van der Waals surface area contributed by atoms with Gasteiger partial charge < -0.3 is 10.6 Å². The van der Waals surface area contributed by atoms with Crippen molar-refractivity contribution in [2.45, 2.75) is 25.9 Å². The number of amides is 1. The molecule has 0 aliphatic rings. The maximum absolute atomic E-state index is 11.7. The lowest BCUT2D eigenvalue weighted by Crippen LogP contribution is -2.41. The smallest absolute Gasteiger partial charge is 0.239 e. The SMILES string of the molecule is CC(c1ccccc1Cl)N(C)C(=O)[C@@H](C)N.Cl. The Morgan fingerprint density at radius 2 is 1.88 bits per heavy atom. The van der Waals surface area contributed by atoms with Crippen molar-refractivity contribution in [3.05, 3.63) is 34.9 Å². The van der Waals surface area contributed by atoms with Crippen molar-refractivity contribution >= 4 is 29.9 Å². The Kier molecular flexibility index (Phi) is 6.53. The molecule has 0 bridgehead atoms. The van der Waals surface area contributed by atoms with E-state index in [-0.39, 0.29) is 24.4 Å². The number of rotatable bonds is 3. The fourth-order valence-electron chi connectivity index (χ4n) is 1.53. The Morgan fingerprint density at radius 3 is 2.35 bits per heavy atom. The van der Waals surface area contributed by atoms with Gasteiger partial charge >= 0.3 is 0 Å². The Bertz CT molecular complexity index is 383. The van der Waals surface area contributed by atoms with Crippen LogP contribution in [0.1, 0.15) is 25.5 Å². The van der Waals surface area contributed by atoms with Gasteiger partial charge in [-0.15, -0.1) is 12.4 Å². The molecule has 0 saturated carbocycles. The van der Waals surface area contributed by atoms with Gasteiger partial charge in [-0.05, 0) is 25.5 Å². The molecule has 1 aromatic carbocycles. The highest BCUT2D eigenvalue weighted by atomic mass is 35.5. The van der Waals surface area contributed by atoms with Gasteiger partial charge in [0.25, 0.3) is 0 Å². The van der Waals surface area contributed by atoms with Crippen molar-refractivity contribution in [1.82, 2.24) is 4.90 Å². The molecule has 1 amide bonds. The second-order valence-electron chi connectivity index (χ2n) is 3.94. The fraction of sp³-hybridized carbons (Fsp3) is 0.417. The highest BCUT2D eigenvalue weighted by molar-refractivity contribution is 6.31. The van der Waals surface area contributed by atoms with Crippen molar-refractivity contribution < 1.29 is 4.79 Å². The summed E-state index contributed by atoms with van der Waals surface area (Å²) in [5.41, 5.74) is 6.50. The second kappa shape index (κ2) is 6.84. The number of carbonyl (C=O) groups excluding carboxylic acids is 1. The minimum absolute atomic E-state index is 0. The van der Waals surface area contributed by atoms with Crippen LogP contribution < -0.4 is 5.73 Å². The molecule has 1 rings (SSSR count). The molecular formula is C12H18Cl2N2O. The van der Waals surface area contributed by atoms with Crippen molar-refractivity contribution in [3.8, 4) is 0 Å². The molecule has 0 fully saturated rings. The van der Waals surface area contributed by atoms with Crippen LogP contribution in [-0.4, -0.2) is 23.9 Å². The monoisotopic (exact) mass is 276 g/mol. The van der Waals surface area contributed by atoms with Gasteiger partial charge in [0.1, 0.15) is 0 Å². The second-order valence-corrected chi connectivity index (χ2v) is 4.34. The van der Waals surface area contributed by atoms with Gasteiger partial charge in [0.05, 0.1) is 12.1 Å². The van der Waals surface area contributed by atoms with Crippen LogP contribution in [0.5, 0.6) is 0 Å². The van der Waals surface area contributed by atoms with Crippen LogP contribution in [-0.2, 0) is 4.79 Å². The molecule has 0 aliphatic carbocycles. The van der Waals surface area contributed by atoms with Gasteiger partial charge in [-0.2, -0.15) is 0 Å². The minimum Gasteiger partial charge on any atom is -0.338 e. The van der Waals surface area contributed by atoms with Crippen molar-refractivity contribution in [2.24, 2.45) is 5.73 Å². The molecule has 0 saturated heterocycles. The van der Waals surface area contributed by atoms with Crippen LogP contribution in [0, 0.1) is 0 Å². The predicted molar refractivity (Wildman–Crippen MR) is 73.5 cm³/mol. The molecular weight excluding hydrogens is 259 g/mol. The van der Waals surface area contributed by atoms with Crippen LogP contribution >= 0.6 is 24.0 Å². The largest absolute Gasteiger partial charge is 0.338 e. The molecule has 0 radical (unpaired) electrons. The first-order valence-corrected chi connectivity index (χ1v) is 5.59. The number of nitrogens with two attached hydrogens (primary N) is 1. The molecule has 2 N–H and O–H groups in total. The van der Waals surface area contributed by atoms with Gasteiger partial charge in [0.15, 0.2) is 0 Å². The summed E-state index contributed by atoms with van der Waals surface area (Å²) < 4.78 is 0. The van der Waals surface area contributed by atoms with E-state index in [1.807, 2.05) is 31.2 Å². The van der Waals surface area contributed by atoms with E-state index in [4.69, 9.17) is 17.3 Å². The van der Waals surface area contributed by atoms with E-state index in [0.717, 1.165) is 5.56 Å². The third-order valence-electron chi connectivity index (χ3n) is 2.67. The Hall–Kier alpha value is -0.770. The van der Waals surface area contributed by atoms with Crippen molar-refractivity contribution in [3.63, 3.8) is 0 Å². The van der Waals surface area contributed by atoms with E-state index in [1.54, 1.807) is 18.9 Å². The summed E-state index contributed by atoms with van der Waals surface area (Å²) in [6.45, 7) is 3.61. The standard InChI is InChI=1S/C12H17ClN2O.ClH/c1-8(14)12(16)15(3)9(2)10-6-4-5-7-11(10)13;/h4-9H,14H2,1-3H3;1H/t8-,9?;/m1./s1. The highest BCUT2D eigenvalue weighted by Crippen LogP contribution is 2.26. The van der Waals surface area contributed by atoms with Crippen LogP contribution in [0.15, 0.2) is 24.3 Å². The fourth-order valence-corrected chi connectivity index (χ4v) is 1.83. The molecule has 1 aromatic rings. The van der Waals surface area contributed by atoms with E-state index in [9.17, 15) is 4.79 Å². The Morgan fingerprint density at radius 1 is 1.35 bits per heavy atom. The average molecular weight is 277 g/mol. The number of benzene rings is 1. The summed E-state index contributed by atoms with van der Waals surface area (Å²) in [6, 6.07) is 6.94. The molecule has 0 aromatic heterocycles. The summed E-state index contributed by atoms with van der Waals surface area (Å²) in [6.07, 6.45) is 0. The van der Waals surface area contributed by atoms with Crippen LogP contribution in [0.2, 0.25) is 5.02 Å². The molecule has 2 atom stereocenters. The summed E-state index contributed by atoms with van der Waals surface area (Å²) in [5, 5.41) is 0.666. The molecule has 0 spiro atoms. The third kappa shape index (κ3) is 3.87. The normalized spacial score (nSPS) is 13.5. The molecule has 0 aliphatic heterocycles. The lowest BCUT2D eigenvalue weighted by Gasteiger charge is -2.27. The first-order valence-electron chi connectivity index (χ1n) is 5.21. The number of hydrogen-bond donors (Lipinski definition) is 1. The highest BCUT2D eigenvalue weighted by Gasteiger charge is 2.21. The van der Waals surface area contributed by atoms with Gasteiger partial charge in [0.2, 0.25) is 5.91 Å². The first-order chi connectivity index (χ1) is 7.45. The maximum Gasteiger partial charge on any atom is 0.239 e. The molecule has 1 unspecified atom stereocenters. The summed E-state index contributed by atoms with van der Waals surface area (Å²) in [5.74, 6) is -0.0904. The topological polar surface area (TPSA) is 46.3 Å². The van der Waals surface area contributed by atoms with Crippen LogP contribution in [0.4, 0.5) is 0 Å². The van der Waals surface area contributed by atoms with Gasteiger partial charge in [-0.1, -0.05) is 29.8 Å². The molecule has 17 heavy (non-hydrogen) atoms. The lowest BCUT2D eigenvalue weighted by molar-refractivity contribution is -0.132. The van der Waals surface area contributed by atoms with Crippen molar-refractivity contribution in [2.75, 3.05) is 7.05 Å². The lowest BCUT2D eigenvalue weighted by atomic mass is 10.1. The Balaban J connectivity index is 0.00000256. The van der Waals surface area contributed by atoms with Crippen molar-refractivity contribution in [1.29, 1.82) is 0 Å². The summed E-state index contributed by atoms with van der Waals surface area (Å²) in [4.78, 5) is 13.3. The number of likely N-dealkylation sites (N-methyl/N-ethyl adjacent to an activating group) is 1. The number of carbonyl (C=O) groups is 1. The van der Waals surface area contributed by atoms with Gasteiger partial charge in [-0.3, -0.25) is 4.79 Å². The zero-order valence-corrected chi connectivity index (χ0v) is 11.8. The molecule has 5 heteroatoms. The number of nitrogens with zero attached hydrogens (tertiary/aromatic N) is 1. The summed E-state index contributed by atoms with van der Waals surface area (Å²) >= 11 is 6.08. The zero-order valence-electron chi connectivity index (χ0n) is 10.2. The van der Waals surface area contributed by atoms with Gasteiger partial charge in [-0.25, -0.2) is 0 Å². The molecule has 96 valence electrons. The average Bonchev–Trinajstić information content (AvgIpc) is 2.26. The molecule has 0 heterocycles. The predicted octanol–water partition coefficient (Wildman–Crippen LogP) is 2.63. The first kappa shape index (κ1) is 16.2. The third-order valence-corrected chi connectivity index (χ3v) is 3.02. The number of hydrogen-bond acceptors (Lipinski definition) is 2. The maximum atomic E-state index is 11.7. The number of halogens is 2. The quantitative estimate of drug-likeness (QED) is 0.923. The van der Waals surface area contributed by atoms with E-state index in [2.05, 4.69) is 0 Å². The van der Waals surface area contributed by atoms with E-state index >= 15 is 0 Å². The minimum atomic E-state index is -0.491. The van der Waals surface area contributed by atoms with Gasteiger partial charge in [0, 0.05) is 12.1 Å². The van der Waals surface area contributed by atoms with Crippen LogP contribution in [0.3, 0.4) is 0 Å². The van der Waals surface area contributed by atoms with E-state index in [1.165, 1.54) is 0 Å². The summed E-state index contributed by atoms with van der Waals surface area (Å²) in [7, 11) is 1.74. The van der Waals surface area contributed by atoms with E-state index in [0.29, 0.717) is 5.02 Å².